The highest BCUT2D eigenvalue weighted by Gasteiger charge is 2.12. The van der Waals surface area contributed by atoms with E-state index in [1.165, 1.54) is 53.0 Å². The van der Waals surface area contributed by atoms with Crippen molar-refractivity contribution in [1.29, 1.82) is 0 Å². The zero-order chi connectivity index (χ0) is 26.1. The van der Waals surface area contributed by atoms with Crippen molar-refractivity contribution in [3.8, 4) is 0 Å². The molecule has 0 fully saturated rings. The number of hydrogen-bond donors (Lipinski definition) is 1. The molecule has 1 nitrogen and oxygen atoms in total. The number of aryl methyl sites for hydroxylation is 1. The van der Waals surface area contributed by atoms with Crippen LogP contribution < -0.4 is 5.32 Å². The topological polar surface area (TPSA) is 12.0 Å². The molecule has 0 atom stereocenters. The molecule has 34 heavy (non-hydrogen) atoms. The van der Waals surface area contributed by atoms with Crippen molar-refractivity contribution < 1.29 is 0 Å². The van der Waals surface area contributed by atoms with Gasteiger partial charge in [-0.1, -0.05) is 92.5 Å². The number of thioether (sulfide) groups is 1. The summed E-state index contributed by atoms with van der Waals surface area (Å²) in [7, 11) is 1.99. The Bertz CT molecular complexity index is 768. The normalized spacial score (nSPS) is 10.6. The Morgan fingerprint density at radius 1 is 0.882 bits per heavy atom. The largest absolute Gasteiger partial charge is 0.388 e. The van der Waals surface area contributed by atoms with Crippen LogP contribution in [0.25, 0.3) is 0 Å². The van der Waals surface area contributed by atoms with E-state index in [1.54, 1.807) is 0 Å². The first-order valence-electron chi connectivity index (χ1n) is 13.3. The highest BCUT2D eigenvalue weighted by Crippen LogP contribution is 2.30. The van der Waals surface area contributed by atoms with E-state index < -0.39 is 0 Å². The predicted octanol–water partition coefficient (Wildman–Crippen LogP) is 10.9. The standard InChI is InChI=1S/C15H25N.C12H18S.C5H10/c1-5-7-13(8-6-2)15-11-14(16-4)10-9-12(15)3;1-9(2)11-5-7-12(8-6-11)13-10(3)4;1-4-5(2)3/h9-11,13,16H,5-8H2,1-4H3;5-10H,1-4H3;4-5H,1H2,2-3H3. The van der Waals surface area contributed by atoms with Gasteiger partial charge in [-0.15, -0.1) is 18.3 Å². The van der Waals surface area contributed by atoms with Gasteiger partial charge in [0.05, 0.1) is 0 Å². The fourth-order valence-corrected chi connectivity index (χ4v) is 4.43. The number of nitrogens with one attached hydrogen (secondary N) is 1. The highest BCUT2D eigenvalue weighted by atomic mass is 32.2. The van der Waals surface area contributed by atoms with Crippen molar-refractivity contribution in [3.63, 3.8) is 0 Å². The molecule has 0 aliphatic carbocycles. The van der Waals surface area contributed by atoms with E-state index in [2.05, 4.69) is 117 Å². The first kappa shape index (κ1) is 32.3. The minimum Gasteiger partial charge on any atom is -0.388 e. The van der Waals surface area contributed by atoms with E-state index >= 15 is 0 Å². The van der Waals surface area contributed by atoms with Crippen LogP contribution in [0.4, 0.5) is 5.69 Å². The third-order valence-electron chi connectivity index (χ3n) is 5.67. The Labute approximate surface area is 217 Å². The zero-order valence-electron chi connectivity index (χ0n) is 23.9. The van der Waals surface area contributed by atoms with Crippen LogP contribution in [0, 0.1) is 12.8 Å². The molecule has 0 aliphatic heterocycles. The molecule has 2 heteroatoms. The molecule has 0 spiro atoms. The molecule has 0 saturated carbocycles. The molecule has 0 aromatic heterocycles. The molecule has 2 rings (SSSR count). The number of hydrogen-bond acceptors (Lipinski definition) is 2. The van der Waals surface area contributed by atoms with Gasteiger partial charge in [0.25, 0.3) is 0 Å². The van der Waals surface area contributed by atoms with Gasteiger partial charge in [-0.3, -0.25) is 0 Å². The smallest absolute Gasteiger partial charge is 0.0340 e. The minimum absolute atomic E-state index is 0.637. The summed E-state index contributed by atoms with van der Waals surface area (Å²) in [5.74, 6) is 2.02. The molecule has 0 heterocycles. The van der Waals surface area contributed by atoms with Crippen LogP contribution in [-0.2, 0) is 0 Å². The molecular formula is C32H53NS. The van der Waals surface area contributed by atoms with E-state index in [0.717, 1.165) is 5.92 Å². The first-order chi connectivity index (χ1) is 16.1. The summed E-state index contributed by atoms with van der Waals surface area (Å²) in [4.78, 5) is 1.37. The van der Waals surface area contributed by atoms with E-state index in [1.807, 2.05) is 24.9 Å². The summed E-state index contributed by atoms with van der Waals surface area (Å²) in [5.41, 5.74) is 5.63. The molecule has 0 amide bonds. The van der Waals surface area contributed by atoms with Gasteiger partial charge in [0, 0.05) is 22.9 Å². The van der Waals surface area contributed by atoms with E-state index in [4.69, 9.17) is 0 Å². The van der Waals surface area contributed by atoms with Crippen LogP contribution in [0.1, 0.15) is 110 Å². The maximum Gasteiger partial charge on any atom is 0.0340 e. The fourth-order valence-electron chi connectivity index (χ4n) is 3.59. The maximum atomic E-state index is 3.56. The van der Waals surface area contributed by atoms with Gasteiger partial charge in [0.2, 0.25) is 0 Å². The summed E-state index contributed by atoms with van der Waals surface area (Å²) in [5, 5.41) is 3.90. The number of benzene rings is 2. The Hall–Kier alpha value is -1.67. The predicted molar refractivity (Wildman–Crippen MR) is 160 cm³/mol. The van der Waals surface area contributed by atoms with E-state index in [9.17, 15) is 0 Å². The molecule has 1 N–H and O–H groups in total. The zero-order valence-corrected chi connectivity index (χ0v) is 24.7. The lowest BCUT2D eigenvalue weighted by Gasteiger charge is -2.19. The SMILES string of the molecule is C=CC(C)C.CC(C)Sc1ccc(C(C)C)cc1.CCCC(CCC)c1cc(NC)ccc1C. The molecule has 2 aromatic carbocycles. The fraction of sp³-hybridized carbons (Fsp3) is 0.562. The van der Waals surface area contributed by atoms with Crippen LogP contribution in [0.2, 0.25) is 0 Å². The van der Waals surface area contributed by atoms with Gasteiger partial charge in [0.15, 0.2) is 0 Å². The lowest BCUT2D eigenvalue weighted by molar-refractivity contribution is 0.559. The number of rotatable bonds is 10. The van der Waals surface area contributed by atoms with E-state index in [-0.39, 0.29) is 0 Å². The van der Waals surface area contributed by atoms with Gasteiger partial charge in [-0.2, -0.15) is 0 Å². The van der Waals surface area contributed by atoms with Gasteiger partial charge >= 0.3 is 0 Å². The lowest BCUT2D eigenvalue weighted by Crippen LogP contribution is -2.02. The molecular weight excluding hydrogens is 430 g/mol. The number of allylic oxidation sites excluding steroid dienone is 1. The molecule has 0 aliphatic rings. The molecule has 0 radical (unpaired) electrons. The molecule has 0 bridgehead atoms. The van der Waals surface area contributed by atoms with Crippen LogP contribution >= 0.6 is 11.8 Å². The van der Waals surface area contributed by atoms with Crippen molar-refractivity contribution in [2.75, 3.05) is 12.4 Å². The highest BCUT2D eigenvalue weighted by molar-refractivity contribution is 7.99. The van der Waals surface area contributed by atoms with Crippen LogP contribution in [0.5, 0.6) is 0 Å². The Morgan fingerprint density at radius 3 is 1.79 bits per heavy atom. The van der Waals surface area contributed by atoms with Gasteiger partial charge in [-0.05, 0) is 78.5 Å². The number of anilines is 1. The monoisotopic (exact) mass is 483 g/mol. The average molecular weight is 484 g/mol. The molecule has 0 saturated heterocycles. The lowest BCUT2D eigenvalue weighted by atomic mass is 9.87. The van der Waals surface area contributed by atoms with E-state index in [0.29, 0.717) is 17.1 Å². The summed E-state index contributed by atoms with van der Waals surface area (Å²) in [6, 6.07) is 15.6. The Balaban J connectivity index is 0.000000543. The minimum atomic E-state index is 0.637. The molecule has 0 unspecified atom stereocenters. The van der Waals surface area contributed by atoms with Crippen molar-refractivity contribution >= 4 is 17.4 Å². The van der Waals surface area contributed by atoms with Gasteiger partial charge in [-0.25, -0.2) is 0 Å². The third kappa shape index (κ3) is 13.9. The van der Waals surface area contributed by atoms with Crippen molar-refractivity contribution in [2.24, 2.45) is 5.92 Å². The Morgan fingerprint density at radius 2 is 1.41 bits per heavy atom. The van der Waals surface area contributed by atoms with Gasteiger partial charge < -0.3 is 5.32 Å². The Kier molecular flexibility index (Phi) is 17.7. The van der Waals surface area contributed by atoms with Gasteiger partial charge in [0.1, 0.15) is 0 Å². The molecule has 192 valence electrons. The average Bonchev–Trinajstić information content (AvgIpc) is 2.80. The second-order valence-corrected chi connectivity index (χ2v) is 11.6. The van der Waals surface area contributed by atoms with Crippen molar-refractivity contribution in [2.45, 2.75) is 110 Å². The first-order valence-corrected chi connectivity index (χ1v) is 14.1. The second-order valence-electron chi connectivity index (χ2n) is 9.97. The quantitative estimate of drug-likeness (QED) is 0.266. The van der Waals surface area contributed by atoms with Crippen molar-refractivity contribution in [3.05, 3.63) is 71.8 Å². The van der Waals surface area contributed by atoms with Crippen molar-refractivity contribution in [1.82, 2.24) is 0 Å². The second kappa shape index (κ2) is 18.6. The third-order valence-corrected chi connectivity index (χ3v) is 6.69. The maximum absolute atomic E-state index is 3.56. The van der Waals surface area contributed by atoms with Crippen LogP contribution in [-0.4, -0.2) is 12.3 Å². The molecule has 2 aromatic rings. The summed E-state index contributed by atoms with van der Waals surface area (Å²) >= 11 is 1.92. The summed E-state index contributed by atoms with van der Waals surface area (Å²) in [6.45, 7) is 23.5. The summed E-state index contributed by atoms with van der Waals surface area (Å²) < 4.78 is 0. The summed E-state index contributed by atoms with van der Waals surface area (Å²) in [6.07, 6.45) is 7.07. The van der Waals surface area contributed by atoms with Crippen LogP contribution in [0.15, 0.2) is 60.0 Å². The van der Waals surface area contributed by atoms with Crippen LogP contribution in [0.3, 0.4) is 0 Å².